The van der Waals surface area contributed by atoms with Crippen molar-refractivity contribution in [2.75, 3.05) is 7.05 Å². The van der Waals surface area contributed by atoms with Crippen molar-refractivity contribution in [1.29, 1.82) is 0 Å². The molecule has 0 radical (unpaired) electrons. The van der Waals surface area contributed by atoms with Gasteiger partial charge in [-0.15, -0.1) is 0 Å². The lowest BCUT2D eigenvalue weighted by molar-refractivity contribution is 0.310. The fraction of sp³-hybridized carbons (Fsp3) is 0.571. The van der Waals surface area contributed by atoms with Crippen LogP contribution in [-0.4, -0.2) is 7.05 Å². The van der Waals surface area contributed by atoms with Gasteiger partial charge < -0.3 is 5.32 Å². The third-order valence-corrected chi connectivity index (χ3v) is 2.83. The van der Waals surface area contributed by atoms with Gasteiger partial charge in [-0.05, 0) is 37.4 Å². The zero-order chi connectivity index (χ0) is 13.2. The molecule has 1 aromatic carbocycles. The van der Waals surface area contributed by atoms with E-state index in [1.54, 1.807) is 14.0 Å². The van der Waals surface area contributed by atoms with Crippen LogP contribution < -0.4 is 5.32 Å². The van der Waals surface area contributed by atoms with Crippen molar-refractivity contribution in [1.82, 2.24) is 5.32 Å². The predicted molar refractivity (Wildman–Crippen MR) is 67.0 cm³/mol. The van der Waals surface area contributed by atoms with Crippen LogP contribution in [0.3, 0.4) is 0 Å². The number of nitrogens with one attached hydrogen (secondary N) is 1. The molecule has 0 fully saturated rings. The summed E-state index contributed by atoms with van der Waals surface area (Å²) in [5, 5.41) is 3.00. The molecule has 0 heterocycles. The first-order valence-electron chi connectivity index (χ1n) is 5.88. The number of aryl methyl sites for hydroxylation is 1. The zero-order valence-corrected chi connectivity index (χ0v) is 11.2. The molecular weight excluding hydrogens is 220 g/mol. The second kappa shape index (κ2) is 5.13. The molecule has 0 spiro atoms. The van der Waals surface area contributed by atoms with E-state index in [2.05, 4.69) is 26.1 Å². The summed E-state index contributed by atoms with van der Waals surface area (Å²) in [5.41, 5.74) is 0.647. The fourth-order valence-electron chi connectivity index (χ4n) is 1.96. The van der Waals surface area contributed by atoms with Crippen molar-refractivity contribution in [3.8, 4) is 0 Å². The first kappa shape index (κ1) is 14.1. The Balaban J connectivity index is 3.16. The SMILES string of the molecule is CNC(CC(C)(C)C)c1c(F)ccc(C)c1F. The van der Waals surface area contributed by atoms with Crippen molar-refractivity contribution in [2.45, 2.75) is 40.2 Å². The largest absolute Gasteiger partial charge is 0.313 e. The molecule has 1 rings (SSSR count). The van der Waals surface area contributed by atoms with Gasteiger partial charge in [0.25, 0.3) is 0 Å². The third-order valence-electron chi connectivity index (χ3n) is 2.83. The van der Waals surface area contributed by atoms with Crippen LogP contribution >= 0.6 is 0 Å². The van der Waals surface area contributed by atoms with Crippen LogP contribution in [0.25, 0.3) is 0 Å². The monoisotopic (exact) mass is 241 g/mol. The number of hydrogen-bond acceptors (Lipinski definition) is 1. The molecule has 1 unspecified atom stereocenters. The lowest BCUT2D eigenvalue weighted by atomic mass is 9.85. The second-order valence-electron chi connectivity index (χ2n) is 5.70. The summed E-state index contributed by atoms with van der Waals surface area (Å²) in [4.78, 5) is 0. The molecule has 0 bridgehead atoms. The van der Waals surface area contributed by atoms with Gasteiger partial charge in [-0.25, -0.2) is 8.78 Å². The summed E-state index contributed by atoms with van der Waals surface area (Å²) in [7, 11) is 1.73. The van der Waals surface area contributed by atoms with E-state index >= 15 is 0 Å². The van der Waals surface area contributed by atoms with E-state index in [1.807, 2.05) is 0 Å². The molecule has 0 amide bonds. The third kappa shape index (κ3) is 3.50. The maximum atomic E-state index is 14.0. The van der Waals surface area contributed by atoms with Crippen LogP contribution in [0.4, 0.5) is 8.78 Å². The minimum Gasteiger partial charge on any atom is -0.313 e. The van der Waals surface area contributed by atoms with Crippen molar-refractivity contribution >= 4 is 0 Å². The average Bonchev–Trinajstić information content (AvgIpc) is 2.21. The van der Waals surface area contributed by atoms with Crippen molar-refractivity contribution in [3.63, 3.8) is 0 Å². The lowest BCUT2D eigenvalue weighted by Gasteiger charge is -2.27. The van der Waals surface area contributed by atoms with Crippen LogP contribution in [0.1, 0.15) is 44.4 Å². The van der Waals surface area contributed by atoms with Crippen LogP contribution in [0.5, 0.6) is 0 Å². The highest BCUT2D eigenvalue weighted by atomic mass is 19.1. The predicted octanol–water partition coefficient (Wildman–Crippen LogP) is 3.97. The summed E-state index contributed by atoms with van der Waals surface area (Å²) in [5.74, 6) is -0.912. The first-order valence-corrected chi connectivity index (χ1v) is 5.88. The Morgan fingerprint density at radius 2 is 1.82 bits per heavy atom. The Morgan fingerprint density at radius 3 is 2.29 bits per heavy atom. The standard InChI is InChI=1S/C14H21F2N/c1-9-6-7-10(15)12(13(9)16)11(17-5)8-14(2,3)4/h6-7,11,17H,8H2,1-5H3. The highest BCUT2D eigenvalue weighted by Crippen LogP contribution is 2.32. The molecule has 0 aliphatic rings. The second-order valence-corrected chi connectivity index (χ2v) is 5.70. The summed E-state index contributed by atoms with van der Waals surface area (Å²) >= 11 is 0. The van der Waals surface area contributed by atoms with E-state index in [0.29, 0.717) is 12.0 Å². The molecule has 96 valence electrons. The normalized spacial score (nSPS) is 13.8. The Kier molecular flexibility index (Phi) is 4.26. The van der Waals surface area contributed by atoms with Crippen molar-refractivity contribution < 1.29 is 8.78 Å². The van der Waals surface area contributed by atoms with Crippen LogP contribution in [0.15, 0.2) is 12.1 Å². The molecule has 0 aromatic heterocycles. The maximum absolute atomic E-state index is 14.0. The van der Waals surface area contributed by atoms with Gasteiger partial charge in [-0.1, -0.05) is 26.8 Å². The molecule has 0 aliphatic heterocycles. The van der Waals surface area contributed by atoms with E-state index in [4.69, 9.17) is 0 Å². The number of halogens is 2. The molecule has 3 heteroatoms. The van der Waals surface area contributed by atoms with E-state index in [9.17, 15) is 8.78 Å². The van der Waals surface area contributed by atoms with Gasteiger partial charge >= 0.3 is 0 Å². The quantitative estimate of drug-likeness (QED) is 0.844. The smallest absolute Gasteiger partial charge is 0.133 e. The molecule has 1 nitrogen and oxygen atoms in total. The van der Waals surface area contributed by atoms with Gasteiger partial charge in [0.05, 0.1) is 0 Å². The highest BCUT2D eigenvalue weighted by Gasteiger charge is 2.24. The van der Waals surface area contributed by atoms with E-state index < -0.39 is 11.6 Å². The topological polar surface area (TPSA) is 12.0 Å². The maximum Gasteiger partial charge on any atom is 0.133 e. The number of hydrogen-bond donors (Lipinski definition) is 1. The zero-order valence-electron chi connectivity index (χ0n) is 11.2. The minimum atomic E-state index is -0.475. The Hall–Kier alpha value is -0.960. The lowest BCUT2D eigenvalue weighted by Crippen LogP contribution is -2.24. The molecule has 0 aliphatic carbocycles. The van der Waals surface area contributed by atoms with Crippen molar-refractivity contribution in [3.05, 3.63) is 34.9 Å². The highest BCUT2D eigenvalue weighted by molar-refractivity contribution is 5.29. The first-order chi connectivity index (χ1) is 7.76. The average molecular weight is 241 g/mol. The van der Waals surface area contributed by atoms with Crippen LogP contribution in [0.2, 0.25) is 0 Å². The van der Waals surface area contributed by atoms with E-state index in [-0.39, 0.29) is 17.0 Å². The summed E-state index contributed by atoms with van der Waals surface area (Å²) < 4.78 is 27.8. The van der Waals surface area contributed by atoms with Gasteiger partial charge in [0.15, 0.2) is 0 Å². The van der Waals surface area contributed by atoms with Crippen LogP contribution in [0, 0.1) is 24.0 Å². The number of benzene rings is 1. The van der Waals surface area contributed by atoms with Gasteiger partial charge in [0.1, 0.15) is 11.6 Å². The fourth-order valence-corrected chi connectivity index (χ4v) is 1.96. The van der Waals surface area contributed by atoms with Gasteiger partial charge in [-0.3, -0.25) is 0 Å². The molecule has 0 saturated heterocycles. The molecule has 1 atom stereocenters. The molecular formula is C14H21F2N. The van der Waals surface area contributed by atoms with Gasteiger partial charge in [-0.2, -0.15) is 0 Å². The minimum absolute atomic E-state index is 0.0102. The van der Waals surface area contributed by atoms with Crippen molar-refractivity contribution in [2.24, 2.45) is 5.41 Å². The summed E-state index contributed by atoms with van der Waals surface area (Å²) in [6.45, 7) is 7.83. The Labute approximate surface area is 102 Å². The Morgan fingerprint density at radius 1 is 1.24 bits per heavy atom. The summed E-state index contributed by atoms with van der Waals surface area (Å²) in [6.07, 6.45) is 0.681. The summed E-state index contributed by atoms with van der Waals surface area (Å²) in [6, 6.07) is 2.51. The van der Waals surface area contributed by atoms with E-state index in [1.165, 1.54) is 12.1 Å². The molecule has 1 aromatic rings. The molecule has 1 N–H and O–H groups in total. The Bertz CT molecular complexity index is 394. The molecule has 17 heavy (non-hydrogen) atoms. The number of rotatable bonds is 3. The van der Waals surface area contributed by atoms with Crippen LogP contribution in [-0.2, 0) is 0 Å². The van der Waals surface area contributed by atoms with Gasteiger partial charge in [0, 0.05) is 11.6 Å². The van der Waals surface area contributed by atoms with Gasteiger partial charge in [0.2, 0.25) is 0 Å². The van der Waals surface area contributed by atoms with E-state index in [0.717, 1.165) is 0 Å². The molecule has 0 saturated carbocycles.